The van der Waals surface area contributed by atoms with E-state index in [9.17, 15) is 0 Å². The summed E-state index contributed by atoms with van der Waals surface area (Å²) in [4.78, 5) is 4.40. The van der Waals surface area contributed by atoms with E-state index < -0.39 is 0 Å². The maximum atomic E-state index is 4.40. The van der Waals surface area contributed by atoms with Gasteiger partial charge in [-0.25, -0.2) is 0 Å². The number of nitrogens with zero attached hydrogens (tertiary/aromatic N) is 1. The van der Waals surface area contributed by atoms with Gasteiger partial charge in [0.15, 0.2) is 0 Å². The molecule has 0 atom stereocenters. The lowest BCUT2D eigenvalue weighted by Crippen LogP contribution is -2.07. The predicted molar refractivity (Wildman–Crippen MR) is 51.2 cm³/mol. The highest BCUT2D eigenvalue weighted by Crippen LogP contribution is 2.23. The second-order valence-corrected chi connectivity index (χ2v) is 3.09. The molecule has 1 N–H and O–H groups in total. The lowest BCUT2D eigenvalue weighted by molar-refractivity contribution is 1.10. The van der Waals surface area contributed by atoms with Crippen LogP contribution in [0.15, 0.2) is 12.1 Å². The third-order valence-electron chi connectivity index (χ3n) is 2.07. The van der Waals surface area contributed by atoms with Gasteiger partial charge in [-0.15, -0.1) is 0 Å². The Morgan fingerprint density at radius 3 is 3.08 bits per heavy atom. The third kappa shape index (κ3) is 1.09. The van der Waals surface area contributed by atoms with E-state index in [1.54, 1.807) is 0 Å². The normalized spacial score (nSPS) is 13.8. The number of aromatic nitrogens is 1. The monoisotopic (exact) mass is 160 g/mol. The Labute approximate surface area is 72.3 Å². The van der Waals surface area contributed by atoms with Crippen molar-refractivity contribution in [1.82, 2.24) is 4.98 Å². The van der Waals surface area contributed by atoms with E-state index in [0.717, 1.165) is 17.9 Å². The fraction of sp³-hybridized carbons (Fsp3) is 0.300. The van der Waals surface area contributed by atoms with Crippen LogP contribution in [0.2, 0.25) is 0 Å². The van der Waals surface area contributed by atoms with E-state index in [-0.39, 0.29) is 0 Å². The van der Waals surface area contributed by atoms with Crippen molar-refractivity contribution < 1.29 is 0 Å². The van der Waals surface area contributed by atoms with Gasteiger partial charge in [0.25, 0.3) is 0 Å². The van der Waals surface area contributed by atoms with Crippen molar-refractivity contribution in [2.45, 2.75) is 13.8 Å². The molecule has 0 aromatic carbocycles. The number of nitrogens with one attached hydrogen (secondary N) is 1. The molecule has 0 saturated heterocycles. The average molecular weight is 160 g/mol. The molecular formula is C10H12N2. The minimum atomic E-state index is 0.926. The van der Waals surface area contributed by atoms with Crippen molar-refractivity contribution in [2.75, 3.05) is 11.9 Å². The van der Waals surface area contributed by atoms with Crippen molar-refractivity contribution in [3.05, 3.63) is 29.1 Å². The second kappa shape index (κ2) is 2.63. The van der Waals surface area contributed by atoms with Gasteiger partial charge in [-0.05, 0) is 19.9 Å². The van der Waals surface area contributed by atoms with Crippen LogP contribution in [0, 0.1) is 13.8 Å². The van der Waals surface area contributed by atoms with Crippen molar-refractivity contribution in [3.8, 4) is 0 Å². The zero-order valence-electron chi connectivity index (χ0n) is 7.39. The summed E-state index contributed by atoms with van der Waals surface area (Å²) < 4.78 is 0. The minimum absolute atomic E-state index is 0.926. The van der Waals surface area contributed by atoms with E-state index in [1.807, 2.05) is 13.8 Å². The smallest absolute Gasteiger partial charge is 0.0468 e. The molecular weight excluding hydrogens is 148 g/mol. The number of aryl methyl sites for hydroxylation is 2. The molecule has 2 heteroatoms. The zero-order chi connectivity index (χ0) is 8.55. The summed E-state index contributed by atoms with van der Waals surface area (Å²) in [5.74, 6) is 0. The molecule has 1 aromatic heterocycles. The summed E-state index contributed by atoms with van der Waals surface area (Å²) >= 11 is 0. The van der Waals surface area contributed by atoms with Crippen LogP contribution < -0.4 is 5.32 Å². The van der Waals surface area contributed by atoms with Crippen LogP contribution in [-0.4, -0.2) is 11.5 Å². The van der Waals surface area contributed by atoms with E-state index >= 15 is 0 Å². The number of anilines is 1. The second-order valence-electron chi connectivity index (χ2n) is 3.09. The van der Waals surface area contributed by atoms with Crippen LogP contribution in [0.25, 0.3) is 6.08 Å². The quantitative estimate of drug-likeness (QED) is 0.629. The Balaban J connectivity index is 2.62. The van der Waals surface area contributed by atoms with Gasteiger partial charge in [-0.3, -0.25) is 4.98 Å². The maximum Gasteiger partial charge on any atom is 0.0468 e. The molecule has 0 aliphatic carbocycles. The Kier molecular flexibility index (Phi) is 1.61. The molecule has 62 valence electrons. The first-order valence-corrected chi connectivity index (χ1v) is 4.16. The van der Waals surface area contributed by atoms with Gasteiger partial charge in [0.05, 0.1) is 0 Å². The molecule has 2 heterocycles. The summed E-state index contributed by atoms with van der Waals surface area (Å²) in [6, 6.07) is 2.09. The standard InChI is InChI=1S/C10H12N2/c1-7-6-10-9(8(2)12-7)4-3-5-11-10/h3-4,6,11H,5H2,1-2H3. The Bertz CT molecular complexity index is 340. The molecule has 12 heavy (non-hydrogen) atoms. The molecule has 1 aromatic rings. The molecule has 0 saturated carbocycles. The molecule has 1 aliphatic heterocycles. The van der Waals surface area contributed by atoms with Gasteiger partial charge in [0.2, 0.25) is 0 Å². The Morgan fingerprint density at radius 2 is 2.25 bits per heavy atom. The van der Waals surface area contributed by atoms with E-state index in [4.69, 9.17) is 0 Å². The topological polar surface area (TPSA) is 24.9 Å². The fourth-order valence-electron chi connectivity index (χ4n) is 1.54. The van der Waals surface area contributed by atoms with Gasteiger partial charge in [-0.1, -0.05) is 12.2 Å². The van der Waals surface area contributed by atoms with Crippen molar-refractivity contribution >= 4 is 11.8 Å². The Hall–Kier alpha value is -1.31. The van der Waals surface area contributed by atoms with E-state index in [0.29, 0.717) is 0 Å². The lowest BCUT2D eigenvalue weighted by atomic mass is 10.1. The van der Waals surface area contributed by atoms with Crippen LogP contribution in [0.1, 0.15) is 17.0 Å². The van der Waals surface area contributed by atoms with Gasteiger partial charge in [0.1, 0.15) is 0 Å². The molecule has 0 fully saturated rings. The molecule has 0 spiro atoms. The van der Waals surface area contributed by atoms with Crippen LogP contribution in [0.3, 0.4) is 0 Å². The molecule has 0 bridgehead atoms. The molecule has 1 aliphatic rings. The number of pyridine rings is 1. The van der Waals surface area contributed by atoms with E-state index in [2.05, 4.69) is 28.5 Å². The van der Waals surface area contributed by atoms with Crippen molar-refractivity contribution in [1.29, 1.82) is 0 Å². The SMILES string of the molecule is Cc1cc2c(c(C)n1)C=CCN2. The number of rotatable bonds is 0. The van der Waals surface area contributed by atoms with E-state index in [1.165, 1.54) is 11.3 Å². The van der Waals surface area contributed by atoms with Gasteiger partial charge in [-0.2, -0.15) is 0 Å². The van der Waals surface area contributed by atoms with Crippen LogP contribution in [0.4, 0.5) is 5.69 Å². The molecule has 2 nitrogen and oxygen atoms in total. The highest BCUT2D eigenvalue weighted by molar-refractivity contribution is 5.71. The lowest BCUT2D eigenvalue weighted by Gasteiger charge is -2.14. The first-order chi connectivity index (χ1) is 5.77. The summed E-state index contributed by atoms with van der Waals surface area (Å²) in [5.41, 5.74) is 4.62. The highest BCUT2D eigenvalue weighted by atomic mass is 14.9. The summed E-state index contributed by atoms with van der Waals surface area (Å²) in [5, 5.41) is 3.32. The first kappa shape index (κ1) is 7.35. The molecule has 2 rings (SSSR count). The largest absolute Gasteiger partial charge is 0.381 e. The minimum Gasteiger partial charge on any atom is -0.381 e. The summed E-state index contributed by atoms with van der Waals surface area (Å²) in [6.45, 7) is 4.99. The third-order valence-corrected chi connectivity index (χ3v) is 2.07. The van der Waals surface area contributed by atoms with Gasteiger partial charge < -0.3 is 5.32 Å². The molecule has 0 unspecified atom stereocenters. The Morgan fingerprint density at radius 1 is 1.42 bits per heavy atom. The van der Waals surface area contributed by atoms with Crippen LogP contribution >= 0.6 is 0 Å². The first-order valence-electron chi connectivity index (χ1n) is 4.16. The number of hydrogen-bond donors (Lipinski definition) is 1. The molecule has 0 radical (unpaired) electrons. The van der Waals surface area contributed by atoms with Crippen LogP contribution in [0.5, 0.6) is 0 Å². The summed E-state index contributed by atoms with van der Waals surface area (Å²) in [7, 11) is 0. The van der Waals surface area contributed by atoms with Crippen molar-refractivity contribution in [3.63, 3.8) is 0 Å². The highest BCUT2D eigenvalue weighted by Gasteiger charge is 2.07. The van der Waals surface area contributed by atoms with Crippen molar-refractivity contribution in [2.24, 2.45) is 0 Å². The summed E-state index contributed by atoms with van der Waals surface area (Å²) in [6.07, 6.45) is 4.25. The zero-order valence-corrected chi connectivity index (χ0v) is 7.39. The predicted octanol–water partition coefficient (Wildman–Crippen LogP) is 2.14. The maximum absolute atomic E-state index is 4.40. The van der Waals surface area contributed by atoms with Gasteiger partial charge >= 0.3 is 0 Å². The average Bonchev–Trinajstić information content (AvgIpc) is 2.04. The van der Waals surface area contributed by atoms with Gasteiger partial charge in [0, 0.05) is 29.2 Å². The number of hydrogen-bond acceptors (Lipinski definition) is 2. The fourth-order valence-corrected chi connectivity index (χ4v) is 1.54. The molecule has 0 amide bonds. The van der Waals surface area contributed by atoms with Crippen LogP contribution in [-0.2, 0) is 0 Å². The number of fused-ring (bicyclic) bond motifs is 1.